The molecule has 2 nitrogen and oxygen atoms in total. The number of nitrogens with zero attached hydrogens (tertiary/aromatic N) is 2. The Balaban J connectivity index is 1.49. The van der Waals surface area contributed by atoms with Crippen molar-refractivity contribution in [2.45, 2.75) is 65.1 Å². The highest BCUT2D eigenvalue weighted by Gasteiger charge is 2.10. The van der Waals surface area contributed by atoms with Crippen molar-refractivity contribution in [3.63, 3.8) is 0 Å². The van der Waals surface area contributed by atoms with Crippen LogP contribution in [-0.4, -0.2) is 17.1 Å². The molecule has 0 aliphatic rings. The van der Waals surface area contributed by atoms with Crippen molar-refractivity contribution in [3.8, 4) is 11.1 Å². The van der Waals surface area contributed by atoms with Crippen LogP contribution in [0.1, 0.15) is 62.9 Å². The van der Waals surface area contributed by atoms with Crippen molar-refractivity contribution in [2.24, 2.45) is 0 Å². The van der Waals surface area contributed by atoms with E-state index in [-0.39, 0.29) is 0 Å². The molecule has 0 aliphatic carbocycles. The van der Waals surface area contributed by atoms with Crippen LogP contribution in [-0.2, 0) is 12.8 Å². The molecule has 0 N–H and O–H groups in total. The zero-order valence-corrected chi connectivity index (χ0v) is 17.7. The van der Waals surface area contributed by atoms with Gasteiger partial charge < -0.3 is 4.59 Å². The van der Waals surface area contributed by atoms with E-state index in [1.165, 1.54) is 47.3 Å². The Bertz CT molecular complexity index is 852. The van der Waals surface area contributed by atoms with Crippen LogP contribution in [0.15, 0.2) is 60.7 Å². The largest absolute Gasteiger partial charge is 0.319 e. The first-order valence-electron chi connectivity index (χ1n) is 10.9. The molecule has 0 saturated carbocycles. The Morgan fingerprint density at radius 3 is 2.36 bits per heavy atom. The molecule has 3 aromatic rings. The zero-order chi connectivity index (χ0) is 19.8. The van der Waals surface area contributed by atoms with Gasteiger partial charge in [0, 0.05) is 5.69 Å². The predicted molar refractivity (Wildman–Crippen MR) is 122 cm³/mol. The van der Waals surface area contributed by atoms with Gasteiger partial charge >= 0.3 is 0 Å². The Kier molecular flexibility index (Phi) is 7.53. The third-order valence-corrected chi connectivity index (χ3v) is 5.34. The first-order valence-corrected chi connectivity index (χ1v) is 10.9. The summed E-state index contributed by atoms with van der Waals surface area (Å²) in [6, 6.07) is 22.0. The van der Waals surface area contributed by atoms with Crippen LogP contribution in [0.4, 0.5) is 0 Å². The molecule has 0 atom stereocenters. The molecule has 3 rings (SSSR count). The van der Waals surface area contributed by atoms with E-state index in [2.05, 4.69) is 86.0 Å². The van der Waals surface area contributed by atoms with Gasteiger partial charge in [-0.3, -0.25) is 0 Å². The third-order valence-electron chi connectivity index (χ3n) is 5.34. The van der Waals surface area contributed by atoms with Crippen LogP contribution < -0.4 is 0 Å². The molecule has 0 radical (unpaired) electrons. The summed E-state index contributed by atoms with van der Waals surface area (Å²) in [5.74, 6) is 0.508. The van der Waals surface area contributed by atoms with E-state index in [4.69, 9.17) is 5.10 Å². The normalized spacial score (nSPS) is 11.1. The van der Waals surface area contributed by atoms with Crippen molar-refractivity contribution in [1.29, 1.82) is 0 Å². The molecule has 28 heavy (non-hydrogen) atoms. The maximum Gasteiger partial charge on any atom is 0.266 e. The summed E-state index contributed by atoms with van der Waals surface area (Å²) in [6.07, 6.45) is 7.20. The SMILES string of the molecule is CCBn1nc(C(C)C)cc1CCCCCc1cccc(-c2ccccc2)c1. The van der Waals surface area contributed by atoms with Crippen molar-refractivity contribution in [1.82, 2.24) is 9.69 Å². The molecule has 0 saturated heterocycles. The van der Waals surface area contributed by atoms with Gasteiger partial charge in [0.15, 0.2) is 0 Å². The maximum atomic E-state index is 4.80. The van der Waals surface area contributed by atoms with Gasteiger partial charge in [0.25, 0.3) is 7.41 Å². The van der Waals surface area contributed by atoms with E-state index in [9.17, 15) is 0 Å². The summed E-state index contributed by atoms with van der Waals surface area (Å²) in [6.45, 7) is 6.68. The molecule has 1 aromatic heterocycles. The summed E-state index contributed by atoms with van der Waals surface area (Å²) < 4.78 is 2.23. The Morgan fingerprint density at radius 2 is 1.61 bits per heavy atom. The van der Waals surface area contributed by atoms with Gasteiger partial charge in [0.05, 0.1) is 5.69 Å². The first kappa shape index (κ1) is 20.4. The van der Waals surface area contributed by atoms with Crippen molar-refractivity contribution in [2.75, 3.05) is 0 Å². The molecule has 3 heteroatoms. The number of rotatable bonds is 10. The highest BCUT2D eigenvalue weighted by molar-refractivity contribution is 6.33. The number of benzene rings is 2. The van der Waals surface area contributed by atoms with E-state index in [1.807, 2.05) is 0 Å². The number of aromatic nitrogens is 2. The summed E-state index contributed by atoms with van der Waals surface area (Å²) in [5, 5.41) is 4.80. The average Bonchev–Trinajstić information content (AvgIpc) is 3.12. The molecule has 1 heterocycles. The zero-order valence-electron chi connectivity index (χ0n) is 17.7. The topological polar surface area (TPSA) is 17.8 Å². The summed E-state index contributed by atoms with van der Waals surface area (Å²) in [7, 11) is 1.04. The maximum absolute atomic E-state index is 4.80. The second kappa shape index (κ2) is 10.3. The van der Waals surface area contributed by atoms with Gasteiger partial charge in [0.2, 0.25) is 0 Å². The van der Waals surface area contributed by atoms with Gasteiger partial charge in [0.1, 0.15) is 0 Å². The lowest BCUT2D eigenvalue weighted by molar-refractivity contribution is 0.663. The predicted octanol–water partition coefficient (Wildman–Crippen LogP) is 6.27. The van der Waals surface area contributed by atoms with Gasteiger partial charge in [-0.2, -0.15) is 5.10 Å². The van der Waals surface area contributed by atoms with Gasteiger partial charge in [-0.1, -0.05) is 88.1 Å². The third kappa shape index (κ3) is 5.61. The summed E-state index contributed by atoms with van der Waals surface area (Å²) in [4.78, 5) is 0. The Morgan fingerprint density at radius 1 is 0.857 bits per heavy atom. The van der Waals surface area contributed by atoms with Crippen LogP contribution in [0.25, 0.3) is 11.1 Å². The molecule has 2 aromatic carbocycles. The highest BCUT2D eigenvalue weighted by Crippen LogP contribution is 2.21. The number of unbranched alkanes of at least 4 members (excludes halogenated alkanes) is 2. The second-order valence-corrected chi connectivity index (χ2v) is 8.07. The lowest BCUT2D eigenvalue weighted by atomic mass is 9.90. The minimum Gasteiger partial charge on any atom is -0.319 e. The molecule has 0 unspecified atom stereocenters. The van der Waals surface area contributed by atoms with Crippen LogP contribution in [0.3, 0.4) is 0 Å². The molecule has 0 fully saturated rings. The van der Waals surface area contributed by atoms with Crippen molar-refractivity contribution >= 4 is 7.41 Å². The molecule has 0 amide bonds. The van der Waals surface area contributed by atoms with Crippen LogP contribution >= 0.6 is 0 Å². The van der Waals surface area contributed by atoms with E-state index in [1.54, 1.807) is 0 Å². The molecular formula is C25H33BN2. The monoisotopic (exact) mass is 372 g/mol. The summed E-state index contributed by atoms with van der Waals surface area (Å²) in [5.41, 5.74) is 6.72. The van der Waals surface area contributed by atoms with Gasteiger partial charge in [-0.05, 0) is 54.4 Å². The molecular weight excluding hydrogens is 339 g/mol. The minimum absolute atomic E-state index is 0.508. The lowest BCUT2D eigenvalue weighted by Gasteiger charge is -2.07. The summed E-state index contributed by atoms with van der Waals surface area (Å²) >= 11 is 0. The van der Waals surface area contributed by atoms with E-state index in [0.717, 1.165) is 26.6 Å². The minimum atomic E-state index is 0.508. The first-order chi connectivity index (χ1) is 13.7. The van der Waals surface area contributed by atoms with E-state index in [0.29, 0.717) is 5.92 Å². The second-order valence-electron chi connectivity index (χ2n) is 8.07. The van der Waals surface area contributed by atoms with Crippen molar-refractivity contribution in [3.05, 3.63) is 77.6 Å². The fourth-order valence-electron chi connectivity index (χ4n) is 3.72. The Hall–Kier alpha value is -2.29. The van der Waals surface area contributed by atoms with Crippen LogP contribution in [0, 0.1) is 0 Å². The molecule has 0 spiro atoms. The molecule has 0 bridgehead atoms. The number of hydrogen-bond donors (Lipinski definition) is 0. The van der Waals surface area contributed by atoms with Crippen LogP contribution in [0.5, 0.6) is 0 Å². The van der Waals surface area contributed by atoms with E-state index < -0.39 is 0 Å². The number of hydrogen-bond acceptors (Lipinski definition) is 1. The molecule has 0 aliphatic heterocycles. The van der Waals surface area contributed by atoms with Crippen molar-refractivity contribution < 1.29 is 0 Å². The fourth-order valence-corrected chi connectivity index (χ4v) is 3.72. The highest BCUT2D eigenvalue weighted by atomic mass is 15.2. The molecule has 146 valence electrons. The Labute approximate surface area is 171 Å². The number of aryl methyl sites for hydroxylation is 2. The van der Waals surface area contributed by atoms with Gasteiger partial charge in [-0.25, -0.2) is 0 Å². The van der Waals surface area contributed by atoms with Crippen LogP contribution in [0.2, 0.25) is 6.32 Å². The smallest absolute Gasteiger partial charge is 0.266 e. The standard InChI is InChI=1S/C25H33BN2/c1-4-26-28-24(19-25(27-28)20(2)3)17-10-5-7-12-21-13-11-16-23(18-21)22-14-8-6-9-15-22/h6,8-9,11,13-16,18-20,26H,4-5,7,10,12,17H2,1-3H3. The lowest BCUT2D eigenvalue weighted by Crippen LogP contribution is -2.11. The fraction of sp³-hybridized carbons (Fsp3) is 0.400. The van der Waals surface area contributed by atoms with Gasteiger partial charge in [-0.15, -0.1) is 0 Å². The van der Waals surface area contributed by atoms with E-state index >= 15 is 0 Å². The quantitative estimate of drug-likeness (QED) is 0.303. The average molecular weight is 372 g/mol.